The van der Waals surface area contributed by atoms with Crippen molar-refractivity contribution in [2.24, 2.45) is 5.92 Å². The van der Waals surface area contributed by atoms with E-state index < -0.39 is 10.0 Å². The first-order valence-electron chi connectivity index (χ1n) is 13.5. The largest absolute Gasteiger partial charge is 0.379 e. The Morgan fingerprint density at radius 3 is 2.58 bits per heavy atom. The van der Waals surface area contributed by atoms with Crippen LogP contribution in [0.4, 0.5) is 5.69 Å². The first-order valence-corrected chi connectivity index (χ1v) is 15.1. The number of hydrogen-bond acceptors (Lipinski definition) is 7. The van der Waals surface area contributed by atoms with Gasteiger partial charge in [0, 0.05) is 44.3 Å². The van der Waals surface area contributed by atoms with Gasteiger partial charge in [0.25, 0.3) is 0 Å². The Morgan fingerprint density at radius 1 is 1.11 bits per heavy atom. The van der Waals surface area contributed by atoms with Crippen molar-refractivity contribution >= 4 is 21.7 Å². The van der Waals surface area contributed by atoms with Gasteiger partial charge < -0.3 is 15.4 Å². The summed E-state index contributed by atoms with van der Waals surface area (Å²) >= 11 is 0. The van der Waals surface area contributed by atoms with Gasteiger partial charge in [-0.15, -0.1) is 0 Å². The Labute approximate surface area is 216 Å². The molecule has 2 heterocycles. The van der Waals surface area contributed by atoms with Crippen LogP contribution in [-0.2, 0) is 19.6 Å². The number of hydrogen-bond donors (Lipinski definition) is 3. The lowest BCUT2D eigenvalue weighted by Gasteiger charge is -2.30. The van der Waals surface area contributed by atoms with Crippen molar-refractivity contribution in [2.45, 2.75) is 57.8 Å². The van der Waals surface area contributed by atoms with Crippen LogP contribution in [0.2, 0.25) is 0 Å². The predicted molar refractivity (Wildman–Crippen MR) is 142 cm³/mol. The molecule has 2 fully saturated rings. The van der Waals surface area contributed by atoms with Crippen molar-refractivity contribution in [3.8, 4) is 0 Å². The maximum Gasteiger partial charge on any atom is 0.236 e. The number of rotatable bonds is 15. The second kappa shape index (κ2) is 16.1. The molecule has 36 heavy (non-hydrogen) atoms. The number of hydroxylamine groups is 1. The van der Waals surface area contributed by atoms with E-state index >= 15 is 0 Å². The topological polar surface area (TPSA) is 120 Å². The highest BCUT2D eigenvalue weighted by atomic mass is 32.2. The molecule has 1 aliphatic heterocycles. The van der Waals surface area contributed by atoms with Crippen LogP contribution in [0.3, 0.4) is 0 Å². The minimum absolute atomic E-state index is 0.105. The summed E-state index contributed by atoms with van der Waals surface area (Å²) in [5.74, 6) is 0.807. The quantitative estimate of drug-likeness (QED) is 0.139. The van der Waals surface area contributed by atoms with E-state index in [2.05, 4.69) is 20.5 Å². The zero-order chi connectivity index (χ0) is 25.5. The molecule has 1 saturated heterocycles. The van der Waals surface area contributed by atoms with Crippen LogP contribution < -0.4 is 10.6 Å². The highest BCUT2D eigenvalue weighted by Gasteiger charge is 2.26. The lowest BCUT2D eigenvalue weighted by molar-refractivity contribution is -0.107. The fourth-order valence-corrected chi connectivity index (χ4v) is 5.93. The van der Waals surface area contributed by atoms with E-state index in [9.17, 15) is 8.42 Å². The molecule has 0 amide bonds. The van der Waals surface area contributed by atoms with E-state index in [1.165, 1.54) is 23.7 Å². The van der Waals surface area contributed by atoms with E-state index in [4.69, 9.17) is 15.0 Å². The van der Waals surface area contributed by atoms with E-state index in [0.29, 0.717) is 51.8 Å². The van der Waals surface area contributed by atoms with Gasteiger partial charge in [0.15, 0.2) is 5.96 Å². The molecule has 1 saturated carbocycles. The molecule has 11 heteroatoms. The second-order valence-corrected chi connectivity index (χ2v) is 11.7. The number of sulfonamides is 1. The van der Waals surface area contributed by atoms with Crippen LogP contribution >= 0.6 is 0 Å². The standard InChI is InChI=1S/C25H44N6O4S/c26-25(29-24-10-13-27-14-11-24)28-12-6-1-2-7-21-36(32,33)31(16-15-30-17-19-34-20-18-30)35-22-23-8-4-3-5-9-23/h10-11,13-14,23H,1-9,12,15-22H2,(H3,26,27,28,29). The second-order valence-electron chi connectivity index (χ2n) is 9.67. The first-order chi connectivity index (χ1) is 17.5. The summed E-state index contributed by atoms with van der Waals surface area (Å²) in [7, 11) is -3.48. The number of anilines is 1. The van der Waals surface area contributed by atoms with Gasteiger partial charge in [0.1, 0.15) is 0 Å². The minimum Gasteiger partial charge on any atom is -0.379 e. The number of pyridine rings is 1. The maximum atomic E-state index is 13.1. The summed E-state index contributed by atoms with van der Waals surface area (Å²) in [4.78, 5) is 12.1. The average molecular weight is 525 g/mol. The smallest absolute Gasteiger partial charge is 0.236 e. The maximum absolute atomic E-state index is 13.1. The van der Waals surface area contributed by atoms with Crippen molar-refractivity contribution in [3.05, 3.63) is 24.5 Å². The summed E-state index contributed by atoms with van der Waals surface area (Å²) in [5.41, 5.74) is 0.816. The normalized spacial score (nSPS) is 17.8. The van der Waals surface area contributed by atoms with Crippen LogP contribution in [0.15, 0.2) is 24.5 Å². The Kier molecular flexibility index (Phi) is 12.9. The molecular weight excluding hydrogens is 480 g/mol. The Hall–Kier alpha value is -1.79. The van der Waals surface area contributed by atoms with Gasteiger partial charge in [-0.1, -0.05) is 36.6 Å². The van der Waals surface area contributed by atoms with Crippen LogP contribution in [0.1, 0.15) is 57.8 Å². The van der Waals surface area contributed by atoms with Crippen LogP contribution in [-0.4, -0.2) is 87.0 Å². The first kappa shape index (κ1) is 28.8. The third-order valence-electron chi connectivity index (χ3n) is 6.77. The van der Waals surface area contributed by atoms with Gasteiger partial charge in [0.2, 0.25) is 10.0 Å². The molecule has 0 aromatic carbocycles. The molecule has 10 nitrogen and oxygen atoms in total. The number of nitrogens with one attached hydrogen (secondary N) is 3. The zero-order valence-electron chi connectivity index (χ0n) is 21.5. The SMILES string of the molecule is N=C(NCCCCCCS(=O)(=O)N(CCN1CCOCC1)OCC1CCCCC1)Nc1ccncc1. The molecule has 0 radical (unpaired) electrons. The summed E-state index contributed by atoms with van der Waals surface area (Å²) in [5, 5.41) is 14.0. The number of ether oxygens (including phenoxy) is 1. The lowest BCUT2D eigenvalue weighted by atomic mass is 9.90. The van der Waals surface area contributed by atoms with Crippen molar-refractivity contribution in [3.63, 3.8) is 0 Å². The summed E-state index contributed by atoms with van der Waals surface area (Å²) in [6.45, 7) is 5.26. The Bertz CT molecular complexity index is 823. The zero-order valence-corrected chi connectivity index (χ0v) is 22.3. The fraction of sp³-hybridized carbons (Fsp3) is 0.760. The van der Waals surface area contributed by atoms with E-state index in [-0.39, 0.29) is 11.7 Å². The average Bonchev–Trinajstić information content (AvgIpc) is 2.89. The molecule has 1 aromatic heterocycles. The van der Waals surface area contributed by atoms with Gasteiger partial charge >= 0.3 is 0 Å². The summed E-state index contributed by atoms with van der Waals surface area (Å²) in [6.07, 6.45) is 12.5. The molecule has 204 valence electrons. The van der Waals surface area contributed by atoms with E-state index in [1.807, 2.05) is 0 Å². The third-order valence-corrected chi connectivity index (χ3v) is 8.49. The molecule has 3 N–H and O–H groups in total. The molecular formula is C25H44N6O4S. The highest BCUT2D eigenvalue weighted by molar-refractivity contribution is 7.88. The molecule has 0 spiro atoms. The molecule has 0 atom stereocenters. The number of unbranched alkanes of at least 4 members (excludes halogenated alkanes) is 3. The highest BCUT2D eigenvalue weighted by Crippen LogP contribution is 2.24. The van der Waals surface area contributed by atoms with Crippen molar-refractivity contribution in [2.75, 3.05) is 63.6 Å². The molecule has 3 rings (SSSR count). The molecule has 1 aliphatic carbocycles. The van der Waals surface area contributed by atoms with Gasteiger partial charge in [-0.05, 0) is 43.7 Å². The molecule has 2 aliphatic rings. The van der Waals surface area contributed by atoms with Gasteiger partial charge in [-0.2, -0.15) is 0 Å². The van der Waals surface area contributed by atoms with Crippen molar-refractivity contribution < 1.29 is 18.0 Å². The Morgan fingerprint density at radius 2 is 1.83 bits per heavy atom. The number of aromatic nitrogens is 1. The van der Waals surface area contributed by atoms with Gasteiger partial charge in [0.05, 0.1) is 32.1 Å². The summed E-state index contributed by atoms with van der Waals surface area (Å²) < 4.78 is 33.0. The molecule has 1 aromatic rings. The number of guanidine groups is 1. The number of nitrogens with zero attached hydrogens (tertiary/aromatic N) is 3. The van der Waals surface area contributed by atoms with Crippen LogP contribution in [0.5, 0.6) is 0 Å². The van der Waals surface area contributed by atoms with Crippen LogP contribution in [0, 0.1) is 11.3 Å². The molecule has 0 unspecified atom stereocenters. The van der Waals surface area contributed by atoms with Crippen LogP contribution in [0.25, 0.3) is 0 Å². The fourth-order valence-electron chi connectivity index (χ4n) is 4.58. The number of morpholine rings is 1. The monoisotopic (exact) mass is 524 g/mol. The van der Waals surface area contributed by atoms with Gasteiger partial charge in [-0.25, -0.2) is 8.42 Å². The minimum atomic E-state index is -3.48. The predicted octanol–water partition coefficient (Wildman–Crippen LogP) is 3.05. The van der Waals surface area contributed by atoms with Crippen molar-refractivity contribution in [1.82, 2.24) is 19.7 Å². The molecule has 0 bridgehead atoms. The van der Waals surface area contributed by atoms with Crippen molar-refractivity contribution in [1.29, 1.82) is 5.41 Å². The lowest BCUT2D eigenvalue weighted by Crippen LogP contribution is -2.44. The summed E-state index contributed by atoms with van der Waals surface area (Å²) in [6, 6.07) is 3.61. The Balaban J connectivity index is 1.34. The van der Waals surface area contributed by atoms with Gasteiger partial charge in [-0.3, -0.25) is 20.1 Å². The third kappa shape index (κ3) is 11.1. The van der Waals surface area contributed by atoms with E-state index in [1.54, 1.807) is 24.5 Å². The van der Waals surface area contributed by atoms with E-state index in [0.717, 1.165) is 50.9 Å².